The zero-order chi connectivity index (χ0) is 17.9. The van der Waals surface area contributed by atoms with Crippen molar-refractivity contribution in [1.29, 1.82) is 0 Å². The predicted molar refractivity (Wildman–Crippen MR) is 97.1 cm³/mol. The zero-order valence-corrected chi connectivity index (χ0v) is 14.4. The van der Waals surface area contributed by atoms with Gasteiger partial charge in [-0.05, 0) is 24.3 Å². The van der Waals surface area contributed by atoms with E-state index in [1.54, 1.807) is 18.3 Å². The van der Waals surface area contributed by atoms with Crippen LogP contribution in [0.5, 0.6) is 0 Å². The highest BCUT2D eigenvalue weighted by Gasteiger charge is 2.14. The standard InChI is InChI=1S/C18H14FN5OS/c19-14-8-6-13(7-9-14)17-22-23-18(24(17)20)26-11-16-21-10-15(25-16)12-4-2-1-3-5-12/h1-10H,11,20H2. The fraction of sp³-hybridized carbons (Fsp3) is 0.0556. The van der Waals surface area contributed by atoms with Gasteiger partial charge in [-0.1, -0.05) is 42.1 Å². The molecule has 0 atom stereocenters. The van der Waals surface area contributed by atoms with Crippen LogP contribution in [-0.2, 0) is 5.75 Å². The van der Waals surface area contributed by atoms with Crippen LogP contribution < -0.4 is 5.84 Å². The Morgan fingerprint density at radius 2 is 1.77 bits per heavy atom. The van der Waals surface area contributed by atoms with Crippen LogP contribution >= 0.6 is 11.8 Å². The van der Waals surface area contributed by atoms with Crippen molar-refractivity contribution in [1.82, 2.24) is 19.9 Å². The van der Waals surface area contributed by atoms with Crippen LogP contribution in [0.1, 0.15) is 5.89 Å². The van der Waals surface area contributed by atoms with Gasteiger partial charge in [-0.15, -0.1) is 10.2 Å². The fourth-order valence-corrected chi connectivity index (χ4v) is 3.12. The number of benzene rings is 2. The van der Waals surface area contributed by atoms with Crippen LogP contribution in [0.3, 0.4) is 0 Å². The van der Waals surface area contributed by atoms with E-state index in [9.17, 15) is 4.39 Å². The van der Waals surface area contributed by atoms with E-state index in [0.717, 1.165) is 5.56 Å². The van der Waals surface area contributed by atoms with Gasteiger partial charge in [0, 0.05) is 11.1 Å². The van der Waals surface area contributed by atoms with Crippen molar-refractivity contribution in [3.63, 3.8) is 0 Å². The largest absolute Gasteiger partial charge is 0.440 e. The number of nitrogens with zero attached hydrogens (tertiary/aromatic N) is 4. The first-order valence-electron chi connectivity index (χ1n) is 7.80. The van der Waals surface area contributed by atoms with Gasteiger partial charge >= 0.3 is 0 Å². The molecule has 8 heteroatoms. The molecule has 0 radical (unpaired) electrons. The number of nitrogens with two attached hydrogens (primary N) is 1. The molecule has 0 unspecified atom stereocenters. The van der Waals surface area contributed by atoms with Gasteiger partial charge in [0.25, 0.3) is 0 Å². The molecule has 0 aliphatic carbocycles. The first-order chi connectivity index (χ1) is 12.7. The molecule has 0 aliphatic heterocycles. The van der Waals surface area contributed by atoms with Crippen molar-refractivity contribution in [3.05, 3.63) is 72.5 Å². The fourth-order valence-electron chi connectivity index (χ4n) is 2.41. The minimum atomic E-state index is -0.315. The van der Waals surface area contributed by atoms with E-state index in [1.807, 2.05) is 30.3 Å². The number of rotatable bonds is 5. The van der Waals surface area contributed by atoms with Crippen LogP contribution in [0.25, 0.3) is 22.7 Å². The van der Waals surface area contributed by atoms with Crippen LogP contribution in [0.2, 0.25) is 0 Å². The summed E-state index contributed by atoms with van der Waals surface area (Å²) in [5.74, 6) is 7.95. The van der Waals surface area contributed by atoms with E-state index in [2.05, 4.69) is 15.2 Å². The normalized spacial score (nSPS) is 11.0. The Morgan fingerprint density at radius 1 is 1.00 bits per heavy atom. The summed E-state index contributed by atoms with van der Waals surface area (Å²) in [5, 5.41) is 8.67. The molecule has 0 saturated carbocycles. The summed E-state index contributed by atoms with van der Waals surface area (Å²) in [7, 11) is 0. The third kappa shape index (κ3) is 3.31. The first-order valence-corrected chi connectivity index (χ1v) is 8.78. The number of halogens is 1. The van der Waals surface area contributed by atoms with E-state index >= 15 is 0 Å². The molecule has 0 amide bonds. The second-order valence-electron chi connectivity index (χ2n) is 5.46. The highest BCUT2D eigenvalue weighted by atomic mass is 32.2. The van der Waals surface area contributed by atoms with Crippen molar-refractivity contribution in [3.8, 4) is 22.7 Å². The summed E-state index contributed by atoms with van der Waals surface area (Å²) >= 11 is 1.36. The minimum Gasteiger partial charge on any atom is -0.440 e. The summed E-state index contributed by atoms with van der Waals surface area (Å²) < 4.78 is 20.2. The molecule has 4 rings (SSSR count). The second-order valence-corrected chi connectivity index (χ2v) is 6.40. The van der Waals surface area contributed by atoms with Gasteiger partial charge in [0.05, 0.1) is 11.9 Å². The maximum atomic E-state index is 13.0. The van der Waals surface area contributed by atoms with Crippen molar-refractivity contribution in [2.75, 3.05) is 5.84 Å². The van der Waals surface area contributed by atoms with Crippen molar-refractivity contribution in [2.24, 2.45) is 0 Å². The van der Waals surface area contributed by atoms with E-state index in [1.165, 1.54) is 28.6 Å². The van der Waals surface area contributed by atoms with Gasteiger partial charge in [0.2, 0.25) is 11.0 Å². The molecule has 0 aliphatic rings. The van der Waals surface area contributed by atoms with Crippen LogP contribution in [0, 0.1) is 5.82 Å². The van der Waals surface area contributed by atoms with Crippen molar-refractivity contribution in [2.45, 2.75) is 10.9 Å². The summed E-state index contributed by atoms with van der Waals surface area (Å²) in [5.41, 5.74) is 1.66. The predicted octanol–water partition coefficient (Wildman–Crippen LogP) is 3.75. The molecule has 0 saturated heterocycles. The Balaban J connectivity index is 1.47. The second kappa shape index (κ2) is 7.01. The molecule has 2 aromatic carbocycles. The van der Waals surface area contributed by atoms with Crippen molar-refractivity contribution < 1.29 is 8.81 Å². The monoisotopic (exact) mass is 367 g/mol. The third-order valence-electron chi connectivity index (χ3n) is 3.70. The van der Waals surface area contributed by atoms with Gasteiger partial charge in [-0.2, -0.15) is 0 Å². The van der Waals surface area contributed by atoms with Gasteiger partial charge in [0.15, 0.2) is 11.6 Å². The summed E-state index contributed by atoms with van der Waals surface area (Å²) in [4.78, 5) is 4.28. The van der Waals surface area contributed by atoms with Crippen LogP contribution in [0.15, 0.2) is 70.4 Å². The lowest BCUT2D eigenvalue weighted by atomic mass is 10.2. The Hall–Kier alpha value is -3.13. The molecule has 2 aromatic heterocycles. The summed E-state index contributed by atoms with van der Waals surface area (Å²) in [6.07, 6.45) is 1.70. The maximum Gasteiger partial charge on any atom is 0.210 e. The van der Waals surface area contributed by atoms with E-state index in [0.29, 0.717) is 33.9 Å². The first kappa shape index (κ1) is 16.3. The minimum absolute atomic E-state index is 0.315. The molecular weight excluding hydrogens is 353 g/mol. The average molecular weight is 367 g/mol. The van der Waals surface area contributed by atoms with Crippen LogP contribution in [0.4, 0.5) is 4.39 Å². The number of hydrogen-bond donors (Lipinski definition) is 1. The average Bonchev–Trinajstić information content (AvgIpc) is 3.29. The smallest absolute Gasteiger partial charge is 0.210 e. The van der Waals surface area contributed by atoms with E-state index < -0.39 is 0 Å². The Labute approximate surface area is 152 Å². The van der Waals surface area contributed by atoms with Gasteiger partial charge in [-0.3, -0.25) is 0 Å². The topological polar surface area (TPSA) is 82.8 Å². The molecule has 130 valence electrons. The molecule has 2 heterocycles. The Morgan fingerprint density at radius 3 is 2.54 bits per heavy atom. The number of nitrogen functional groups attached to an aromatic ring is 1. The number of aromatic nitrogens is 4. The molecular formula is C18H14FN5OS. The van der Waals surface area contributed by atoms with E-state index in [4.69, 9.17) is 10.3 Å². The lowest BCUT2D eigenvalue weighted by molar-refractivity contribution is 0.529. The van der Waals surface area contributed by atoms with Gasteiger partial charge < -0.3 is 10.3 Å². The maximum absolute atomic E-state index is 13.0. The Bertz CT molecular complexity index is 1010. The zero-order valence-electron chi connectivity index (χ0n) is 13.5. The Kier molecular flexibility index (Phi) is 4.40. The van der Waals surface area contributed by atoms with Crippen LogP contribution in [-0.4, -0.2) is 19.9 Å². The molecule has 26 heavy (non-hydrogen) atoms. The number of hydrogen-bond acceptors (Lipinski definition) is 6. The lowest BCUT2D eigenvalue weighted by Gasteiger charge is -2.02. The molecule has 0 fully saturated rings. The molecule has 2 N–H and O–H groups in total. The highest BCUT2D eigenvalue weighted by Crippen LogP contribution is 2.26. The van der Waals surface area contributed by atoms with Gasteiger partial charge in [-0.25, -0.2) is 14.1 Å². The van der Waals surface area contributed by atoms with E-state index in [-0.39, 0.29) is 5.82 Å². The summed E-state index contributed by atoms with van der Waals surface area (Å²) in [6.45, 7) is 0. The quantitative estimate of drug-likeness (QED) is 0.427. The lowest BCUT2D eigenvalue weighted by Crippen LogP contribution is -2.11. The summed E-state index contributed by atoms with van der Waals surface area (Å²) in [6, 6.07) is 15.7. The molecule has 0 bridgehead atoms. The molecule has 6 nitrogen and oxygen atoms in total. The SMILES string of the molecule is Nn1c(SCc2ncc(-c3ccccc3)o2)nnc1-c1ccc(F)cc1. The molecule has 4 aromatic rings. The third-order valence-corrected chi connectivity index (χ3v) is 4.63. The number of thioether (sulfide) groups is 1. The number of oxazole rings is 1. The molecule has 0 spiro atoms. The van der Waals surface area contributed by atoms with Gasteiger partial charge in [0.1, 0.15) is 5.82 Å². The highest BCUT2D eigenvalue weighted by molar-refractivity contribution is 7.98. The van der Waals surface area contributed by atoms with Crippen molar-refractivity contribution >= 4 is 11.8 Å².